The van der Waals surface area contributed by atoms with Crippen molar-refractivity contribution in [1.29, 1.82) is 0 Å². The van der Waals surface area contributed by atoms with E-state index in [1.165, 1.54) is 6.33 Å². The molecule has 182 valence electrons. The SMILES string of the molecule is CCC[C@@H](NC(=O)[C@@H](Cc1cnc[nH]1)NC(=O)OCC1c2ccccc2-c2ccccc21)C(=O)O. The predicted molar refractivity (Wildman–Crippen MR) is 129 cm³/mol. The number of nitrogens with zero attached hydrogens (tertiary/aromatic N) is 1. The number of carbonyl (C=O) groups excluding carboxylic acids is 2. The first-order valence-electron chi connectivity index (χ1n) is 11.6. The van der Waals surface area contributed by atoms with E-state index in [1.807, 2.05) is 55.5 Å². The zero-order valence-electron chi connectivity index (χ0n) is 19.4. The van der Waals surface area contributed by atoms with Gasteiger partial charge in [-0.05, 0) is 28.7 Å². The van der Waals surface area contributed by atoms with Crippen LogP contribution in [-0.2, 0) is 20.7 Å². The second-order valence-electron chi connectivity index (χ2n) is 8.49. The van der Waals surface area contributed by atoms with Gasteiger partial charge >= 0.3 is 12.1 Å². The number of nitrogens with one attached hydrogen (secondary N) is 3. The number of aromatic amines is 1. The zero-order chi connectivity index (χ0) is 24.8. The third-order valence-electron chi connectivity index (χ3n) is 6.12. The summed E-state index contributed by atoms with van der Waals surface area (Å²) in [5.41, 5.74) is 5.01. The molecule has 1 aromatic heterocycles. The topological polar surface area (TPSA) is 133 Å². The van der Waals surface area contributed by atoms with Gasteiger partial charge in [0.2, 0.25) is 5.91 Å². The van der Waals surface area contributed by atoms with Crippen molar-refractivity contribution in [3.8, 4) is 11.1 Å². The standard InChI is InChI=1S/C26H28N4O5/c1-2-7-22(25(32)33)29-24(31)23(12-16-13-27-15-28-16)30-26(34)35-14-21-19-10-5-3-8-17(19)18-9-4-6-11-20(18)21/h3-6,8-11,13,15,21-23H,2,7,12,14H2,1H3,(H,27,28)(H,29,31)(H,30,34)(H,32,33)/t22-,23-/m1/s1. The highest BCUT2D eigenvalue weighted by Gasteiger charge is 2.31. The number of H-pyrrole nitrogens is 1. The normalized spacial score (nSPS) is 13.9. The fourth-order valence-corrected chi connectivity index (χ4v) is 4.43. The molecule has 0 spiro atoms. The van der Waals surface area contributed by atoms with Gasteiger partial charge in [0, 0.05) is 24.2 Å². The van der Waals surface area contributed by atoms with Crippen LogP contribution in [0.4, 0.5) is 4.79 Å². The number of hydrogen-bond donors (Lipinski definition) is 4. The highest BCUT2D eigenvalue weighted by Crippen LogP contribution is 2.44. The van der Waals surface area contributed by atoms with Crippen LogP contribution in [0.3, 0.4) is 0 Å². The number of carboxylic acid groups (broad SMARTS) is 1. The fraction of sp³-hybridized carbons (Fsp3) is 0.308. The molecule has 1 aliphatic carbocycles. The van der Waals surface area contributed by atoms with E-state index < -0.39 is 30.1 Å². The molecule has 0 radical (unpaired) electrons. The van der Waals surface area contributed by atoms with Crippen molar-refractivity contribution in [3.05, 3.63) is 77.9 Å². The molecule has 4 rings (SSSR count). The van der Waals surface area contributed by atoms with E-state index in [0.717, 1.165) is 22.3 Å². The molecule has 2 atom stereocenters. The van der Waals surface area contributed by atoms with Gasteiger partial charge in [0.05, 0.1) is 6.33 Å². The Morgan fingerprint density at radius 2 is 1.69 bits per heavy atom. The quantitative estimate of drug-likeness (QED) is 0.355. The zero-order valence-corrected chi connectivity index (χ0v) is 19.4. The second-order valence-corrected chi connectivity index (χ2v) is 8.49. The molecule has 0 unspecified atom stereocenters. The Morgan fingerprint density at radius 3 is 2.26 bits per heavy atom. The predicted octanol–water partition coefficient (Wildman–Crippen LogP) is 3.23. The Balaban J connectivity index is 1.44. The minimum Gasteiger partial charge on any atom is -0.480 e. The minimum absolute atomic E-state index is 0.103. The van der Waals surface area contributed by atoms with Crippen LogP contribution in [0.1, 0.15) is 42.5 Å². The summed E-state index contributed by atoms with van der Waals surface area (Å²) in [6, 6.07) is 13.9. The second kappa shape index (κ2) is 10.9. The summed E-state index contributed by atoms with van der Waals surface area (Å²) in [6.45, 7) is 1.94. The van der Waals surface area contributed by atoms with Gasteiger partial charge in [0.15, 0.2) is 0 Å². The number of aromatic nitrogens is 2. The molecular formula is C26H28N4O5. The van der Waals surface area contributed by atoms with Crippen molar-refractivity contribution in [2.75, 3.05) is 6.61 Å². The number of alkyl carbamates (subject to hydrolysis) is 1. The number of imidazole rings is 1. The minimum atomic E-state index is -1.12. The first-order valence-corrected chi connectivity index (χ1v) is 11.6. The Morgan fingerprint density at radius 1 is 1.03 bits per heavy atom. The summed E-state index contributed by atoms with van der Waals surface area (Å²) in [7, 11) is 0. The maximum absolute atomic E-state index is 12.9. The average Bonchev–Trinajstić information content (AvgIpc) is 3.48. The molecule has 35 heavy (non-hydrogen) atoms. The number of benzene rings is 2. The number of ether oxygens (including phenoxy) is 1. The fourth-order valence-electron chi connectivity index (χ4n) is 4.43. The molecule has 9 heteroatoms. The molecule has 0 saturated carbocycles. The molecule has 2 aromatic carbocycles. The van der Waals surface area contributed by atoms with Crippen LogP contribution in [0.2, 0.25) is 0 Å². The molecule has 2 amide bonds. The van der Waals surface area contributed by atoms with Gasteiger partial charge in [-0.3, -0.25) is 4.79 Å². The molecule has 9 nitrogen and oxygen atoms in total. The summed E-state index contributed by atoms with van der Waals surface area (Å²) in [5, 5.41) is 14.5. The van der Waals surface area contributed by atoms with Gasteiger partial charge in [0.25, 0.3) is 0 Å². The molecule has 0 aliphatic heterocycles. The molecule has 0 bridgehead atoms. The molecule has 1 heterocycles. The Bertz CT molecular complexity index is 1150. The maximum atomic E-state index is 12.9. The van der Waals surface area contributed by atoms with E-state index in [-0.39, 0.29) is 25.4 Å². The average molecular weight is 477 g/mol. The van der Waals surface area contributed by atoms with Crippen molar-refractivity contribution in [2.24, 2.45) is 0 Å². The molecule has 4 N–H and O–H groups in total. The lowest BCUT2D eigenvalue weighted by atomic mass is 9.98. The molecule has 1 aliphatic rings. The molecule has 3 aromatic rings. The Labute approximate surface area is 202 Å². The number of aliphatic carboxylic acids is 1. The molecule has 0 fully saturated rings. The maximum Gasteiger partial charge on any atom is 0.407 e. The highest BCUT2D eigenvalue weighted by molar-refractivity contribution is 5.89. The monoisotopic (exact) mass is 476 g/mol. The summed E-state index contributed by atoms with van der Waals surface area (Å²) < 4.78 is 5.57. The third kappa shape index (κ3) is 5.51. The lowest BCUT2D eigenvalue weighted by Gasteiger charge is -2.21. The van der Waals surface area contributed by atoms with Crippen LogP contribution in [0.25, 0.3) is 11.1 Å². The van der Waals surface area contributed by atoms with E-state index in [9.17, 15) is 19.5 Å². The summed E-state index contributed by atoms with van der Waals surface area (Å²) in [4.78, 5) is 44.0. The third-order valence-corrected chi connectivity index (χ3v) is 6.12. The van der Waals surface area contributed by atoms with Gasteiger partial charge in [-0.2, -0.15) is 0 Å². The number of amides is 2. The lowest BCUT2D eigenvalue weighted by Crippen LogP contribution is -2.52. The number of carbonyl (C=O) groups is 3. The largest absolute Gasteiger partial charge is 0.480 e. The van der Waals surface area contributed by atoms with Gasteiger partial charge < -0.3 is 25.5 Å². The van der Waals surface area contributed by atoms with Crippen molar-refractivity contribution >= 4 is 18.0 Å². The van der Waals surface area contributed by atoms with Crippen LogP contribution < -0.4 is 10.6 Å². The highest BCUT2D eigenvalue weighted by atomic mass is 16.5. The van der Waals surface area contributed by atoms with E-state index in [0.29, 0.717) is 12.1 Å². The van der Waals surface area contributed by atoms with E-state index >= 15 is 0 Å². The van der Waals surface area contributed by atoms with Crippen LogP contribution in [0, 0.1) is 0 Å². The van der Waals surface area contributed by atoms with Crippen molar-refractivity contribution in [1.82, 2.24) is 20.6 Å². The first kappa shape index (κ1) is 24.0. The smallest absolute Gasteiger partial charge is 0.407 e. The summed E-state index contributed by atoms with van der Waals surface area (Å²) in [6.07, 6.45) is 3.23. The summed E-state index contributed by atoms with van der Waals surface area (Å²) in [5.74, 6) is -1.84. The number of rotatable bonds is 10. The van der Waals surface area contributed by atoms with E-state index in [4.69, 9.17) is 4.74 Å². The van der Waals surface area contributed by atoms with Crippen molar-refractivity contribution in [2.45, 2.75) is 44.2 Å². The van der Waals surface area contributed by atoms with Crippen LogP contribution in [0.5, 0.6) is 0 Å². The number of carboxylic acids is 1. The number of fused-ring (bicyclic) bond motifs is 3. The van der Waals surface area contributed by atoms with Crippen LogP contribution in [0.15, 0.2) is 61.1 Å². The summed E-state index contributed by atoms with van der Waals surface area (Å²) >= 11 is 0. The van der Waals surface area contributed by atoms with E-state index in [2.05, 4.69) is 20.6 Å². The van der Waals surface area contributed by atoms with Gasteiger partial charge in [-0.1, -0.05) is 61.9 Å². The van der Waals surface area contributed by atoms with Gasteiger partial charge in [-0.25, -0.2) is 14.6 Å². The Hall–Kier alpha value is -4.14. The van der Waals surface area contributed by atoms with Crippen molar-refractivity contribution in [3.63, 3.8) is 0 Å². The van der Waals surface area contributed by atoms with Gasteiger partial charge in [-0.15, -0.1) is 0 Å². The Kier molecular flexibility index (Phi) is 7.45. The van der Waals surface area contributed by atoms with E-state index in [1.54, 1.807) is 6.20 Å². The van der Waals surface area contributed by atoms with Crippen LogP contribution >= 0.6 is 0 Å². The first-order chi connectivity index (χ1) is 17.0. The van der Waals surface area contributed by atoms with Crippen LogP contribution in [-0.4, -0.2) is 51.7 Å². The van der Waals surface area contributed by atoms with Crippen molar-refractivity contribution < 1.29 is 24.2 Å². The number of hydrogen-bond acceptors (Lipinski definition) is 5. The lowest BCUT2D eigenvalue weighted by molar-refractivity contribution is -0.142. The molecule has 0 saturated heterocycles. The molecular weight excluding hydrogens is 448 g/mol. The van der Waals surface area contributed by atoms with Gasteiger partial charge in [0.1, 0.15) is 18.7 Å².